The van der Waals surface area contributed by atoms with Gasteiger partial charge in [-0.15, -0.1) is 0 Å². The first kappa shape index (κ1) is 13.1. The summed E-state index contributed by atoms with van der Waals surface area (Å²) >= 11 is 1.90. The SMILES string of the molecule is O=C(c1cccc(F)c1)C1CCOC2(CCSC2)C1. The van der Waals surface area contributed by atoms with E-state index < -0.39 is 0 Å². The molecule has 1 spiro atoms. The zero-order valence-corrected chi connectivity index (χ0v) is 11.5. The Morgan fingerprint density at radius 1 is 1.47 bits per heavy atom. The van der Waals surface area contributed by atoms with E-state index in [1.54, 1.807) is 12.1 Å². The number of halogens is 1. The van der Waals surface area contributed by atoms with E-state index in [4.69, 9.17) is 4.74 Å². The topological polar surface area (TPSA) is 26.3 Å². The maximum absolute atomic E-state index is 13.2. The second-order valence-corrected chi connectivity index (χ2v) is 6.50. The summed E-state index contributed by atoms with van der Waals surface area (Å²) in [7, 11) is 0. The normalized spacial score (nSPS) is 30.7. The van der Waals surface area contributed by atoms with Gasteiger partial charge in [-0.05, 0) is 37.1 Å². The van der Waals surface area contributed by atoms with Gasteiger partial charge in [0.2, 0.25) is 0 Å². The van der Waals surface area contributed by atoms with Gasteiger partial charge in [0.15, 0.2) is 5.78 Å². The Labute approximate surface area is 116 Å². The maximum Gasteiger partial charge on any atom is 0.166 e. The average Bonchev–Trinajstić information content (AvgIpc) is 2.86. The van der Waals surface area contributed by atoms with Crippen LogP contribution in [0.4, 0.5) is 4.39 Å². The van der Waals surface area contributed by atoms with Gasteiger partial charge in [0, 0.05) is 23.8 Å². The van der Waals surface area contributed by atoms with Gasteiger partial charge in [0.05, 0.1) is 5.60 Å². The smallest absolute Gasteiger partial charge is 0.166 e. The van der Waals surface area contributed by atoms with Crippen LogP contribution in [0.5, 0.6) is 0 Å². The number of ether oxygens (including phenoxy) is 1. The van der Waals surface area contributed by atoms with E-state index in [-0.39, 0.29) is 23.1 Å². The highest BCUT2D eigenvalue weighted by Crippen LogP contribution is 2.41. The van der Waals surface area contributed by atoms with Crippen LogP contribution in [0.1, 0.15) is 29.6 Å². The van der Waals surface area contributed by atoms with Crippen LogP contribution in [0.25, 0.3) is 0 Å². The molecule has 2 saturated heterocycles. The average molecular weight is 280 g/mol. The molecular formula is C15H17FO2S. The van der Waals surface area contributed by atoms with Gasteiger partial charge < -0.3 is 4.74 Å². The minimum absolute atomic E-state index is 0.0192. The highest BCUT2D eigenvalue weighted by Gasteiger charge is 2.42. The lowest BCUT2D eigenvalue weighted by molar-refractivity contribution is -0.0734. The lowest BCUT2D eigenvalue weighted by atomic mass is 9.81. The summed E-state index contributed by atoms with van der Waals surface area (Å²) < 4.78 is 19.1. The number of carbonyl (C=O) groups is 1. The summed E-state index contributed by atoms with van der Waals surface area (Å²) in [6.45, 7) is 0.645. The Morgan fingerprint density at radius 2 is 2.37 bits per heavy atom. The van der Waals surface area contributed by atoms with E-state index >= 15 is 0 Å². The molecule has 2 fully saturated rings. The van der Waals surface area contributed by atoms with Crippen LogP contribution < -0.4 is 0 Å². The predicted octanol–water partition coefficient (Wildman–Crippen LogP) is 3.31. The molecule has 4 heteroatoms. The first-order chi connectivity index (χ1) is 9.19. The molecule has 0 saturated carbocycles. The van der Waals surface area contributed by atoms with Gasteiger partial charge in [-0.25, -0.2) is 4.39 Å². The van der Waals surface area contributed by atoms with Crippen molar-refractivity contribution in [3.8, 4) is 0 Å². The second kappa shape index (κ2) is 5.25. The van der Waals surface area contributed by atoms with Gasteiger partial charge in [-0.1, -0.05) is 12.1 Å². The highest BCUT2D eigenvalue weighted by atomic mass is 32.2. The number of benzene rings is 1. The number of carbonyl (C=O) groups excluding carboxylic acids is 1. The van der Waals surface area contributed by atoms with Crippen LogP contribution in [0.15, 0.2) is 24.3 Å². The summed E-state index contributed by atoms with van der Waals surface area (Å²) in [5.41, 5.74) is 0.393. The van der Waals surface area contributed by atoms with Crippen molar-refractivity contribution in [3.63, 3.8) is 0 Å². The van der Waals surface area contributed by atoms with Crippen molar-refractivity contribution in [1.29, 1.82) is 0 Å². The fraction of sp³-hybridized carbons (Fsp3) is 0.533. The molecule has 2 atom stereocenters. The van der Waals surface area contributed by atoms with Crippen LogP contribution in [0, 0.1) is 11.7 Å². The predicted molar refractivity (Wildman–Crippen MR) is 74.1 cm³/mol. The number of Topliss-reactive ketones (excluding diaryl/α,β-unsaturated/α-hetero) is 1. The van der Waals surface area contributed by atoms with E-state index in [1.165, 1.54) is 12.1 Å². The number of hydrogen-bond acceptors (Lipinski definition) is 3. The van der Waals surface area contributed by atoms with Crippen LogP contribution >= 0.6 is 11.8 Å². The number of ketones is 1. The number of rotatable bonds is 2. The van der Waals surface area contributed by atoms with Crippen molar-refractivity contribution >= 4 is 17.5 Å². The number of hydrogen-bond donors (Lipinski definition) is 0. The first-order valence-corrected chi connectivity index (χ1v) is 7.86. The minimum Gasteiger partial charge on any atom is -0.374 e. The highest BCUT2D eigenvalue weighted by molar-refractivity contribution is 7.99. The van der Waals surface area contributed by atoms with Crippen molar-refractivity contribution in [2.24, 2.45) is 5.92 Å². The molecule has 0 aromatic heterocycles. The largest absolute Gasteiger partial charge is 0.374 e. The van der Waals surface area contributed by atoms with Crippen molar-refractivity contribution < 1.29 is 13.9 Å². The Hall–Kier alpha value is -0.870. The molecule has 0 N–H and O–H groups in total. The summed E-state index contributed by atoms with van der Waals surface area (Å²) in [4.78, 5) is 12.5. The monoisotopic (exact) mass is 280 g/mol. The Bertz CT molecular complexity index is 483. The molecule has 2 unspecified atom stereocenters. The zero-order chi connectivity index (χ0) is 13.3. The first-order valence-electron chi connectivity index (χ1n) is 6.70. The molecular weight excluding hydrogens is 263 g/mol. The van der Waals surface area contributed by atoms with Crippen molar-refractivity contribution in [1.82, 2.24) is 0 Å². The van der Waals surface area contributed by atoms with E-state index in [0.29, 0.717) is 12.2 Å². The molecule has 0 radical (unpaired) electrons. The third-order valence-electron chi connectivity index (χ3n) is 4.04. The van der Waals surface area contributed by atoms with Crippen LogP contribution in [-0.2, 0) is 4.74 Å². The van der Waals surface area contributed by atoms with Gasteiger partial charge >= 0.3 is 0 Å². The molecule has 2 nitrogen and oxygen atoms in total. The van der Waals surface area contributed by atoms with E-state index in [9.17, 15) is 9.18 Å². The van der Waals surface area contributed by atoms with Crippen LogP contribution in [0.2, 0.25) is 0 Å². The van der Waals surface area contributed by atoms with E-state index in [0.717, 1.165) is 30.8 Å². The summed E-state index contributed by atoms with van der Waals surface area (Å²) in [6.07, 6.45) is 2.57. The molecule has 2 heterocycles. The quantitative estimate of drug-likeness (QED) is 0.777. The Morgan fingerprint density at radius 3 is 3.11 bits per heavy atom. The minimum atomic E-state index is -0.343. The lowest BCUT2D eigenvalue weighted by Gasteiger charge is -2.37. The molecule has 0 aliphatic carbocycles. The van der Waals surface area contributed by atoms with Gasteiger partial charge in [0.1, 0.15) is 5.82 Å². The van der Waals surface area contributed by atoms with Crippen molar-refractivity contribution in [3.05, 3.63) is 35.6 Å². The van der Waals surface area contributed by atoms with Crippen LogP contribution in [0.3, 0.4) is 0 Å². The van der Waals surface area contributed by atoms with Crippen LogP contribution in [-0.4, -0.2) is 29.5 Å². The van der Waals surface area contributed by atoms with Gasteiger partial charge in [-0.2, -0.15) is 11.8 Å². The summed E-state index contributed by atoms with van der Waals surface area (Å²) in [5, 5.41) is 0. The van der Waals surface area contributed by atoms with Crippen molar-refractivity contribution in [2.75, 3.05) is 18.1 Å². The molecule has 1 aromatic carbocycles. The zero-order valence-electron chi connectivity index (χ0n) is 10.7. The van der Waals surface area contributed by atoms with E-state index in [1.807, 2.05) is 11.8 Å². The Kier molecular flexibility index (Phi) is 3.63. The third kappa shape index (κ3) is 2.70. The maximum atomic E-state index is 13.2. The molecule has 0 bridgehead atoms. The summed E-state index contributed by atoms with van der Waals surface area (Å²) in [6, 6.07) is 6.02. The molecule has 2 aliphatic heterocycles. The molecule has 2 aliphatic rings. The van der Waals surface area contributed by atoms with Gasteiger partial charge in [0.25, 0.3) is 0 Å². The molecule has 19 heavy (non-hydrogen) atoms. The molecule has 102 valence electrons. The fourth-order valence-electron chi connectivity index (χ4n) is 2.99. The standard InChI is InChI=1S/C15H17FO2S/c16-13-3-1-2-11(8-13)14(17)12-4-6-18-15(9-12)5-7-19-10-15/h1-3,8,12H,4-7,9-10H2. The lowest BCUT2D eigenvalue weighted by Crippen LogP contribution is -2.42. The molecule has 0 amide bonds. The molecule has 3 rings (SSSR count). The third-order valence-corrected chi connectivity index (χ3v) is 5.26. The van der Waals surface area contributed by atoms with Gasteiger partial charge in [-0.3, -0.25) is 4.79 Å². The second-order valence-electron chi connectivity index (χ2n) is 5.40. The fourth-order valence-corrected chi connectivity index (χ4v) is 4.37. The number of thioether (sulfide) groups is 1. The molecule has 1 aromatic rings. The Balaban J connectivity index is 1.76. The summed E-state index contributed by atoms with van der Waals surface area (Å²) in [5.74, 6) is 1.80. The van der Waals surface area contributed by atoms with E-state index in [2.05, 4.69) is 0 Å². The van der Waals surface area contributed by atoms with Crippen molar-refractivity contribution in [2.45, 2.75) is 24.9 Å².